The highest BCUT2D eigenvalue weighted by Crippen LogP contribution is 2.29. The van der Waals surface area contributed by atoms with Gasteiger partial charge in [-0.05, 0) is 31.5 Å². The van der Waals surface area contributed by atoms with Crippen LogP contribution in [0.25, 0.3) is 0 Å². The van der Waals surface area contributed by atoms with Gasteiger partial charge in [0.15, 0.2) is 0 Å². The lowest BCUT2D eigenvalue weighted by molar-refractivity contribution is -0.137. The van der Waals surface area contributed by atoms with Crippen LogP contribution in [0.15, 0.2) is 24.3 Å². The van der Waals surface area contributed by atoms with E-state index in [1.54, 1.807) is 6.92 Å². The summed E-state index contributed by atoms with van der Waals surface area (Å²) in [6.07, 6.45) is -5.20. The van der Waals surface area contributed by atoms with Gasteiger partial charge in [-0.3, -0.25) is 9.59 Å². The predicted octanol–water partition coefficient (Wildman–Crippen LogP) is 1.69. The van der Waals surface area contributed by atoms with Crippen molar-refractivity contribution < 1.29 is 32.7 Å². The molecular formula is C16H18F3N3O4. The van der Waals surface area contributed by atoms with Crippen molar-refractivity contribution in [1.29, 1.82) is 0 Å². The molecule has 7 nitrogen and oxygen atoms in total. The van der Waals surface area contributed by atoms with Gasteiger partial charge in [-0.1, -0.05) is 6.07 Å². The van der Waals surface area contributed by atoms with E-state index in [4.69, 9.17) is 5.11 Å². The molecule has 10 heteroatoms. The van der Waals surface area contributed by atoms with E-state index in [0.29, 0.717) is 12.5 Å². The monoisotopic (exact) mass is 373 g/mol. The third-order valence-corrected chi connectivity index (χ3v) is 4.05. The third kappa shape index (κ3) is 4.87. The fraction of sp³-hybridized carbons (Fsp3) is 0.438. The molecule has 1 aromatic rings. The Bertz CT molecular complexity index is 708. The number of likely N-dealkylation sites (tertiary alicyclic amines) is 1. The zero-order valence-electron chi connectivity index (χ0n) is 13.8. The Labute approximate surface area is 147 Å². The minimum Gasteiger partial charge on any atom is -0.465 e. The highest BCUT2D eigenvalue weighted by Gasteiger charge is 2.33. The minimum atomic E-state index is -4.57. The van der Waals surface area contributed by atoms with E-state index in [9.17, 15) is 27.6 Å². The van der Waals surface area contributed by atoms with Crippen LogP contribution in [-0.2, 0) is 11.0 Å². The van der Waals surface area contributed by atoms with Gasteiger partial charge in [-0.15, -0.1) is 0 Å². The summed E-state index contributed by atoms with van der Waals surface area (Å²) in [6, 6.07) is 3.26. The van der Waals surface area contributed by atoms with E-state index in [0.717, 1.165) is 12.1 Å². The number of hydrogen-bond acceptors (Lipinski definition) is 3. The van der Waals surface area contributed by atoms with Crippen molar-refractivity contribution in [3.05, 3.63) is 35.4 Å². The van der Waals surface area contributed by atoms with Crippen molar-refractivity contribution in [2.24, 2.45) is 0 Å². The van der Waals surface area contributed by atoms with Gasteiger partial charge < -0.3 is 20.6 Å². The first-order valence-corrected chi connectivity index (χ1v) is 7.82. The highest BCUT2D eigenvalue weighted by atomic mass is 19.4. The summed E-state index contributed by atoms with van der Waals surface area (Å²) < 4.78 is 38.0. The van der Waals surface area contributed by atoms with E-state index in [-0.39, 0.29) is 24.2 Å². The molecule has 3 N–H and O–H groups in total. The van der Waals surface area contributed by atoms with Crippen LogP contribution in [0, 0.1) is 0 Å². The van der Waals surface area contributed by atoms with E-state index >= 15 is 0 Å². The normalized spacial score (nSPS) is 19.9. The second-order valence-corrected chi connectivity index (χ2v) is 6.05. The lowest BCUT2D eigenvalue weighted by Crippen LogP contribution is -2.43. The lowest BCUT2D eigenvalue weighted by Gasteiger charge is -2.16. The molecule has 3 amide bonds. The second kappa shape index (κ2) is 7.63. The molecule has 1 heterocycles. The largest absolute Gasteiger partial charge is 0.465 e. The molecule has 2 rings (SSSR count). The first-order chi connectivity index (χ1) is 12.1. The highest BCUT2D eigenvalue weighted by molar-refractivity contribution is 5.96. The molecule has 1 aromatic carbocycles. The van der Waals surface area contributed by atoms with Crippen LogP contribution in [0.3, 0.4) is 0 Å². The Kier molecular flexibility index (Phi) is 5.73. The van der Waals surface area contributed by atoms with Gasteiger partial charge in [-0.2, -0.15) is 13.2 Å². The standard InChI is InChI=1S/C16H18F3N3O4/c1-9-5-12(8-22(9)15(25)26)21-13(23)7-20-14(24)10-3-2-4-11(6-10)16(17,18)19/h2-4,6,9,12H,5,7-8H2,1H3,(H,20,24)(H,21,23)(H,25,26). The van der Waals surface area contributed by atoms with Gasteiger partial charge in [0, 0.05) is 24.2 Å². The van der Waals surface area contributed by atoms with Gasteiger partial charge in [0.2, 0.25) is 5.91 Å². The second-order valence-electron chi connectivity index (χ2n) is 6.05. The number of carbonyl (C=O) groups is 3. The summed E-state index contributed by atoms with van der Waals surface area (Å²) >= 11 is 0. The summed E-state index contributed by atoms with van der Waals surface area (Å²) in [4.78, 5) is 36.0. The van der Waals surface area contributed by atoms with Gasteiger partial charge in [-0.25, -0.2) is 4.79 Å². The van der Waals surface area contributed by atoms with Crippen molar-refractivity contribution in [1.82, 2.24) is 15.5 Å². The first-order valence-electron chi connectivity index (χ1n) is 7.82. The Morgan fingerprint density at radius 2 is 2.00 bits per heavy atom. The van der Waals surface area contributed by atoms with Crippen LogP contribution >= 0.6 is 0 Å². The number of benzene rings is 1. The number of alkyl halides is 3. The summed E-state index contributed by atoms with van der Waals surface area (Å²) in [6.45, 7) is 1.44. The maximum atomic E-state index is 12.7. The number of amides is 3. The summed E-state index contributed by atoms with van der Waals surface area (Å²) in [5, 5.41) is 13.8. The Balaban J connectivity index is 1.86. The third-order valence-electron chi connectivity index (χ3n) is 4.05. The van der Waals surface area contributed by atoms with Gasteiger partial charge in [0.05, 0.1) is 12.1 Å². The number of nitrogens with zero attached hydrogens (tertiary/aromatic N) is 1. The van der Waals surface area contributed by atoms with E-state index in [1.165, 1.54) is 11.0 Å². The van der Waals surface area contributed by atoms with Crippen molar-refractivity contribution >= 4 is 17.9 Å². The van der Waals surface area contributed by atoms with E-state index in [1.807, 2.05) is 0 Å². The average Bonchev–Trinajstić information content (AvgIpc) is 2.92. The number of carbonyl (C=O) groups excluding carboxylic acids is 2. The fourth-order valence-electron chi connectivity index (χ4n) is 2.78. The number of rotatable bonds is 4. The van der Waals surface area contributed by atoms with Crippen molar-refractivity contribution in [3.8, 4) is 0 Å². The minimum absolute atomic E-state index is 0.143. The van der Waals surface area contributed by atoms with Crippen LogP contribution in [-0.4, -0.2) is 53.1 Å². The molecule has 1 fully saturated rings. The molecule has 1 aliphatic rings. The number of halogens is 3. The smallest absolute Gasteiger partial charge is 0.416 e. The molecule has 1 aliphatic heterocycles. The molecule has 0 spiro atoms. The quantitative estimate of drug-likeness (QED) is 0.748. The van der Waals surface area contributed by atoms with Gasteiger partial charge >= 0.3 is 12.3 Å². The molecule has 0 saturated carbocycles. The lowest BCUT2D eigenvalue weighted by atomic mass is 10.1. The summed E-state index contributed by atoms with van der Waals surface area (Å²) in [7, 11) is 0. The van der Waals surface area contributed by atoms with E-state index < -0.39 is 36.2 Å². The van der Waals surface area contributed by atoms with Gasteiger partial charge in [0.25, 0.3) is 5.91 Å². The molecule has 2 atom stereocenters. The topological polar surface area (TPSA) is 98.7 Å². The summed E-state index contributed by atoms with van der Waals surface area (Å²) in [5.41, 5.74) is -1.16. The molecule has 0 radical (unpaired) electrons. The van der Waals surface area contributed by atoms with E-state index in [2.05, 4.69) is 10.6 Å². The Morgan fingerprint density at radius 1 is 1.31 bits per heavy atom. The van der Waals surface area contributed by atoms with Gasteiger partial charge in [0.1, 0.15) is 0 Å². The maximum absolute atomic E-state index is 12.7. The SMILES string of the molecule is CC1CC(NC(=O)CNC(=O)c2cccc(C(F)(F)F)c2)CN1C(=O)O. The molecular weight excluding hydrogens is 355 g/mol. The van der Waals surface area contributed by atoms with Crippen LogP contribution in [0.2, 0.25) is 0 Å². The molecule has 0 aliphatic carbocycles. The molecule has 0 bridgehead atoms. The Morgan fingerprint density at radius 3 is 2.58 bits per heavy atom. The predicted molar refractivity (Wildman–Crippen MR) is 84.5 cm³/mol. The number of hydrogen-bond donors (Lipinski definition) is 3. The zero-order chi connectivity index (χ0) is 19.5. The van der Waals surface area contributed by atoms with Crippen LogP contribution < -0.4 is 10.6 Å². The van der Waals surface area contributed by atoms with Crippen molar-refractivity contribution in [2.45, 2.75) is 31.6 Å². The van der Waals surface area contributed by atoms with Crippen LogP contribution in [0.1, 0.15) is 29.3 Å². The van der Waals surface area contributed by atoms with Crippen molar-refractivity contribution in [3.63, 3.8) is 0 Å². The first kappa shape index (κ1) is 19.5. The molecule has 26 heavy (non-hydrogen) atoms. The van der Waals surface area contributed by atoms with Crippen LogP contribution in [0.5, 0.6) is 0 Å². The fourth-order valence-corrected chi connectivity index (χ4v) is 2.78. The zero-order valence-corrected chi connectivity index (χ0v) is 13.8. The Hall–Kier alpha value is -2.78. The number of nitrogens with one attached hydrogen (secondary N) is 2. The summed E-state index contributed by atoms with van der Waals surface area (Å²) in [5.74, 6) is -1.35. The number of carboxylic acid groups (broad SMARTS) is 1. The van der Waals surface area contributed by atoms with Crippen molar-refractivity contribution in [2.75, 3.05) is 13.1 Å². The molecule has 2 unspecified atom stereocenters. The molecule has 0 aromatic heterocycles. The average molecular weight is 373 g/mol. The molecule has 142 valence electrons. The molecule has 1 saturated heterocycles. The maximum Gasteiger partial charge on any atom is 0.416 e. The van der Waals surface area contributed by atoms with Crippen LogP contribution in [0.4, 0.5) is 18.0 Å².